The minimum Gasteiger partial charge on any atom is -0.504 e. The molecular formula is C17H18N2O2. The van der Waals surface area contributed by atoms with Crippen LogP contribution in [0.2, 0.25) is 0 Å². The summed E-state index contributed by atoms with van der Waals surface area (Å²) in [5.74, 6) is 0.528. The van der Waals surface area contributed by atoms with Crippen LogP contribution in [0.25, 0.3) is 0 Å². The van der Waals surface area contributed by atoms with Gasteiger partial charge in [0.25, 0.3) is 5.91 Å². The molecule has 1 aliphatic rings. The Morgan fingerprint density at radius 2 is 1.86 bits per heavy atom. The Morgan fingerprint density at radius 3 is 2.52 bits per heavy atom. The molecule has 1 saturated carbocycles. The Balaban J connectivity index is 1.71. The molecule has 1 heterocycles. The third-order valence-electron chi connectivity index (χ3n) is 4.02. The molecule has 1 aromatic carbocycles. The maximum absolute atomic E-state index is 12.1. The SMILES string of the molecule is O=C(Nc1ncccc1O)c1ccc(C2CCCC2)cc1. The van der Waals surface area contributed by atoms with Gasteiger partial charge in [0.2, 0.25) is 0 Å². The van der Waals surface area contributed by atoms with Crippen LogP contribution in [-0.4, -0.2) is 16.0 Å². The first-order valence-electron chi connectivity index (χ1n) is 7.29. The van der Waals surface area contributed by atoms with Crippen molar-refractivity contribution in [2.75, 3.05) is 5.32 Å². The molecule has 1 aromatic heterocycles. The number of pyridine rings is 1. The highest BCUT2D eigenvalue weighted by Crippen LogP contribution is 2.34. The predicted molar refractivity (Wildman–Crippen MR) is 81.5 cm³/mol. The molecule has 21 heavy (non-hydrogen) atoms. The van der Waals surface area contributed by atoms with E-state index in [9.17, 15) is 9.90 Å². The average Bonchev–Trinajstić information content (AvgIpc) is 3.04. The highest BCUT2D eigenvalue weighted by atomic mass is 16.3. The molecular weight excluding hydrogens is 264 g/mol. The molecule has 2 aromatic rings. The van der Waals surface area contributed by atoms with Crippen LogP contribution in [0.15, 0.2) is 42.6 Å². The van der Waals surface area contributed by atoms with Gasteiger partial charge in [0.05, 0.1) is 0 Å². The Labute approximate surface area is 123 Å². The fourth-order valence-corrected chi connectivity index (χ4v) is 2.84. The molecule has 0 atom stereocenters. The normalized spacial score (nSPS) is 15.0. The Bertz CT molecular complexity index is 631. The van der Waals surface area contributed by atoms with Crippen molar-refractivity contribution in [1.82, 2.24) is 4.98 Å². The van der Waals surface area contributed by atoms with Crippen molar-refractivity contribution in [2.24, 2.45) is 0 Å². The van der Waals surface area contributed by atoms with Crippen LogP contribution in [0, 0.1) is 0 Å². The van der Waals surface area contributed by atoms with Crippen LogP contribution >= 0.6 is 0 Å². The molecule has 0 aliphatic heterocycles. The Hall–Kier alpha value is -2.36. The summed E-state index contributed by atoms with van der Waals surface area (Å²) in [6, 6.07) is 10.8. The number of carbonyl (C=O) groups is 1. The van der Waals surface area contributed by atoms with Crippen molar-refractivity contribution in [2.45, 2.75) is 31.6 Å². The van der Waals surface area contributed by atoms with E-state index in [1.54, 1.807) is 6.07 Å². The van der Waals surface area contributed by atoms with E-state index in [1.807, 2.05) is 24.3 Å². The number of amides is 1. The summed E-state index contributed by atoms with van der Waals surface area (Å²) >= 11 is 0. The summed E-state index contributed by atoms with van der Waals surface area (Å²) in [6.45, 7) is 0. The molecule has 0 saturated heterocycles. The van der Waals surface area contributed by atoms with Gasteiger partial charge < -0.3 is 10.4 Å². The average molecular weight is 282 g/mol. The second-order valence-corrected chi connectivity index (χ2v) is 5.43. The predicted octanol–water partition coefficient (Wildman–Crippen LogP) is 3.70. The van der Waals surface area contributed by atoms with Gasteiger partial charge in [-0.1, -0.05) is 25.0 Å². The van der Waals surface area contributed by atoms with Crippen LogP contribution in [-0.2, 0) is 0 Å². The van der Waals surface area contributed by atoms with E-state index in [4.69, 9.17) is 0 Å². The van der Waals surface area contributed by atoms with E-state index in [1.165, 1.54) is 43.5 Å². The summed E-state index contributed by atoms with van der Waals surface area (Å²) < 4.78 is 0. The van der Waals surface area contributed by atoms with E-state index in [-0.39, 0.29) is 17.5 Å². The van der Waals surface area contributed by atoms with E-state index >= 15 is 0 Å². The molecule has 4 heteroatoms. The summed E-state index contributed by atoms with van der Waals surface area (Å²) in [5.41, 5.74) is 1.88. The van der Waals surface area contributed by atoms with E-state index in [0.29, 0.717) is 11.5 Å². The molecule has 0 spiro atoms. The number of benzene rings is 1. The van der Waals surface area contributed by atoms with Gasteiger partial charge in [-0.2, -0.15) is 0 Å². The first-order chi connectivity index (χ1) is 10.2. The van der Waals surface area contributed by atoms with Crippen LogP contribution in [0.5, 0.6) is 5.75 Å². The fourth-order valence-electron chi connectivity index (χ4n) is 2.84. The van der Waals surface area contributed by atoms with Gasteiger partial charge in [-0.05, 0) is 48.6 Å². The first kappa shape index (κ1) is 13.6. The monoisotopic (exact) mass is 282 g/mol. The number of nitrogens with one attached hydrogen (secondary N) is 1. The summed E-state index contributed by atoms with van der Waals surface area (Å²) in [5, 5.41) is 12.2. The zero-order valence-electron chi connectivity index (χ0n) is 11.7. The minimum absolute atomic E-state index is 0.0339. The zero-order valence-corrected chi connectivity index (χ0v) is 11.7. The molecule has 2 N–H and O–H groups in total. The van der Waals surface area contributed by atoms with Gasteiger partial charge in [0.1, 0.15) is 0 Å². The van der Waals surface area contributed by atoms with Crippen molar-refractivity contribution < 1.29 is 9.90 Å². The molecule has 1 aliphatic carbocycles. The van der Waals surface area contributed by atoms with Crippen molar-refractivity contribution in [3.8, 4) is 5.75 Å². The molecule has 0 radical (unpaired) electrons. The third kappa shape index (κ3) is 3.05. The Kier molecular flexibility index (Phi) is 3.86. The lowest BCUT2D eigenvalue weighted by atomic mass is 9.96. The summed E-state index contributed by atoms with van der Waals surface area (Å²) in [4.78, 5) is 16.1. The lowest BCUT2D eigenvalue weighted by molar-refractivity contribution is 0.102. The lowest BCUT2D eigenvalue weighted by Crippen LogP contribution is -2.13. The van der Waals surface area contributed by atoms with Gasteiger partial charge in [-0.25, -0.2) is 4.98 Å². The van der Waals surface area contributed by atoms with Crippen LogP contribution in [0.4, 0.5) is 5.82 Å². The molecule has 4 nitrogen and oxygen atoms in total. The molecule has 3 rings (SSSR count). The van der Waals surface area contributed by atoms with E-state index in [0.717, 1.165) is 0 Å². The maximum atomic E-state index is 12.1. The smallest absolute Gasteiger partial charge is 0.256 e. The first-order valence-corrected chi connectivity index (χ1v) is 7.29. The number of carbonyl (C=O) groups excluding carboxylic acids is 1. The van der Waals surface area contributed by atoms with Gasteiger partial charge in [-0.15, -0.1) is 0 Å². The van der Waals surface area contributed by atoms with Gasteiger partial charge >= 0.3 is 0 Å². The molecule has 1 fully saturated rings. The number of nitrogens with zero attached hydrogens (tertiary/aromatic N) is 1. The van der Waals surface area contributed by atoms with E-state index < -0.39 is 0 Å². The quantitative estimate of drug-likeness (QED) is 0.902. The molecule has 0 unspecified atom stereocenters. The largest absolute Gasteiger partial charge is 0.504 e. The zero-order chi connectivity index (χ0) is 14.7. The lowest BCUT2D eigenvalue weighted by Gasteiger charge is -2.10. The third-order valence-corrected chi connectivity index (χ3v) is 4.02. The van der Waals surface area contributed by atoms with Crippen LogP contribution < -0.4 is 5.32 Å². The van der Waals surface area contributed by atoms with Crippen LogP contribution in [0.1, 0.15) is 47.5 Å². The van der Waals surface area contributed by atoms with Crippen LogP contribution in [0.3, 0.4) is 0 Å². The molecule has 1 amide bonds. The standard InChI is InChI=1S/C17H18N2O2/c20-15-6-3-11-18-16(15)19-17(21)14-9-7-13(8-10-14)12-4-1-2-5-12/h3,6-12,20H,1-2,4-5H2,(H,18,19,21). The number of aromatic hydroxyl groups is 1. The second kappa shape index (κ2) is 5.95. The van der Waals surface area contributed by atoms with Gasteiger partial charge in [-0.3, -0.25) is 4.79 Å². The highest BCUT2D eigenvalue weighted by molar-refractivity contribution is 6.04. The molecule has 108 valence electrons. The van der Waals surface area contributed by atoms with Gasteiger partial charge in [0.15, 0.2) is 11.6 Å². The van der Waals surface area contributed by atoms with Crippen molar-refractivity contribution >= 4 is 11.7 Å². The topological polar surface area (TPSA) is 62.2 Å². The second-order valence-electron chi connectivity index (χ2n) is 5.43. The number of hydrogen-bond donors (Lipinski definition) is 2. The maximum Gasteiger partial charge on any atom is 0.256 e. The van der Waals surface area contributed by atoms with Crippen molar-refractivity contribution in [3.63, 3.8) is 0 Å². The highest BCUT2D eigenvalue weighted by Gasteiger charge is 2.17. The van der Waals surface area contributed by atoms with Gasteiger partial charge in [0, 0.05) is 11.8 Å². The number of aromatic nitrogens is 1. The summed E-state index contributed by atoms with van der Waals surface area (Å²) in [6.07, 6.45) is 6.61. The van der Waals surface area contributed by atoms with Crippen molar-refractivity contribution in [3.05, 3.63) is 53.7 Å². The van der Waals surface area contributed by atoms with Crippen molar-refractivity contribution in [1.29, 1.82) is 0 Å². The number of rotatable bonds is 3. The minimum atomic E-state index is -0.262. The summed E-state index contributed by atoms with van der Waals surface area (Å²) in [7, 11) is 0. The van der Waals surface area contributed by atoms with E-state index in [2.05, 4.69) is 10.3 Å². The fraction of sp³-hybridized carbons (Fsp3) is 0.294. The molecule has 0 bridgehead atoms. The number of hydrogen-bond acceptors (Lipinski definition) is 3. The number of anilines is 1. The Morgan fingerprint density at radius 1 is 1.14 bits per heavy atom.